The van der Waals surface area contributed by atoms with Crippen LogP contribution in [0, 0.1) is 0 Å². The summed E-state index contributed by atoms with van der Waals surface area (Å²) >= 11 is 0. The Bertz CT molecular complexity index is 592. The SMILES string of the molecule is CC1(O)CCN(C(=O)Nc2nc3ccccc3[nH]2)CC1. The molecule has 2 heterocycles. The van der Waals surface area contributed by atoms with Gasteiger partial charge in [0, 0.05) is 13.1 Å². The highest BCUT2D eigenvalue weighted by atomic mass is 16.3. The molecule has 0 aliphatic carbocycles. The monoisotopic (exact) mass is 274 g/mol. The molecule has 2 amide bonds. The molecular formula is C14H18N4O2. The zero-order valence-corrected chi connectivity index (χ0v) is 11.4. The van der Waals surface area contributed by atoms with Gasteiger partial charge in [-0.15, -0.1) is 0 Å². The van der Waals surface area contributed by atoms with E-state index in [4.69, 9.17) is 0 Å². The summed E-state index contributed by atoms with van der Waals surface area (Å²) in [5.41, 5.74) is 1.06. The zero-order chi connectivity index (χ0) is 14.2. The van der Waals surface area contributed by atoms with Crippen molar-refractivity contribution in [2.24, 2.45) is 0 Å². The number of aromatic nitrogens is 2. The van der Waals surface area contributed by atoms with E-state index in [1.54, 1.807) is 4.90 Å². The van der Waals surface area contributed by atoms with Crippen molar-refractivity contribution in [1.82, 2.24) is 14.9 Å². The molecule has 0 atom stereocenters. The summed E-state index contributed by atoms with van der Waals surface area (Å²) in [5, 5.41) is 12.6. The van der Waals surface area contributed by atoms with Crippen LogP contribution >= 0.6 is 0 Å². The summed E-state index contributed by atoms with van der Waals surface area (Å²) in [7, 11) is 0. The van der Waals surface area contributed by atoms with Crippen LogP contribution in [0.1, 0.15) is 19.8 Å². The van der Waals surface area contributed by atoms with E-state index < -0.39 is 5.60 Å². The molecule has 20 heavy (non-hydrogen) atoms. The molecular weight excluding hydrogens is 256 g/mol. The standard InChI is InChI=1S/C14H18N4O2/c1-14(20)6-8-18(9-7-14)13(19)17-12-15-10-4-2-3-5-11(10)16-12/h2-5,20H,6-9H2,1H3,(H2,15,16,17,19). The molecule has 1 aromatic heterocycles. The molecule has 6 nitrogen and oxygen atoms in total. The third kappa shape index (κ3) is 2.60. The number of aliphatic hydroxyl groups is 1. The van der Waals surface area contributed by atoms with Gasteiger partial charge in [0.1, 0.15) is 0 Å². The highest BCUT2D eigenvalue weighted by Crippen LogP contribution is 2.21. The van der Waals surface area contributed by atoms with Crippen molar-refractivity contribution >= 4 is 23.0 Å². The maximum Gasteiger partial charge on any atom is 0.324 e. The lowest BCUT2D eigenvalue weighted by molar-refractivity contribution is 0.00569. The van der Waals surface area contributed by atoms with E-state index in [9.17, 15) is 9.90 Å². The van der Waals surface area contributed by atoms with Gasteiger partial charge in [0.15, 0.2) is 0 Å². The van der Waals surface area contributed by atoms with Gasteiger partial charge in [-0.2, -0.15) is 0 Å². The number of likely N-dealkylation sites (tertiary alicyclic amines) is 1. The molecule has 0 spiro atoms. The van der Waals surface area contributed by atoms with Crippen molar-refractivity contribution in [3.8, 4) is 0 Å². The molecule has 3 rings (SSSR count). The Balaban J connectivity index is 1.67. The summed E-state index contributed by atoms with van der Waals surface area (Å²) in [4.78, 5) is 21.2. The number of aromatic amines is 1. The van der Waals surface area contributed by atoms with Gasteiger partial charge in [-0.05, 0) is 31.9 Å². The Morgan fingerprint density at radius 1 is 1.40 bits per heavy atom. The second-order valence-electron chi connectivity index (χ2n) is 5.52. The van der Waals surface area contributed by atoms with Crippen LogP contribution in [0.4, 0.5) is 10.7 Å². The van der Waals surface area contributed by atoms with Gasteiger partial charge in [0.2, 0.25) is 5.95 Å². The lowest BCUT2D eigenvalue weighted by Crippen LogP contribution is -2.46. The fourth-order valence-corrected chi connectivity index (χ4v) is 2.38. The number of fused-ring (bicyclic) bond motifs is 1. The number of hydrogen-bond acceptors (Lipinski definition) is 3. The summed E-state index contributed by atoms with van der Waals surface area (Å²) < 4.78 is 0. The fourth-order valence-electron chi connectivity index (χ4n) is 2.38. The molecule has 6 heteroatoms. The van der Waals surface area contributed by atoms with Gasteiger partial charge in [0.05, 0.1) is 16.6 Å². The van der Waals surface area contributed by atoms with Crippen LogP contribution in [0.2, 0.25) is 0 Å². The van der Waals surface area contributed by atoms with E-state index in [0.29, 0.717) is 31.9 Å². The molecule has 1 aliphatic rings. The smallest absolute Gasteiger partial charge is 0.324 e. The van der Waals surface area contributed by atoms with E-state index in [1.807, 2.05) is 31.2 Å². The minimum Gasteiger partial charge on any atom is -0.390 e. The second-order valence-corrected chi connectivity index (χ2v) is 5.52. The largest absolute Gasteiger partial charge is 0.390 e. The molecule has 0 unspecified atom stereocenters. The molecule has 0 bridgehead atoms. The van der Waals surface area contributed by atoms with Crippen LogP contribution in [0.15, 0.2) is 24.3 Å². The number of para-hydroxylation sites is 2. The predicted molar refractivity (Wildman–Crippen MR) is 76.5 cm³/mol. The van der Waals surface area contributed by atoms with Crippen molar-refractivity contribution in [3.63, 3.8) is 0 Å². The van der Waals surface area contributed by atoms with E-state index in [1.165, 1.54) is 0 Å². The van der Waals surface area contributed by atoms with Crippen LogP contribution in [0.25, 0.3) is 11.0 Å². The van der Waals surface area contributed by atoms with Crippen LogP contribution in [0.5, 0.6) is 0 Å². The minimum absolute atomic E-state index is 0.181. The van der Waals surface area contributed by atoms with Crippen LogP contribution < -0.4 is 5.32 Å². The van der Waals surface area contributed by atoms with Crippen molar-refractivity contribution in [2.45, 2.75) is 25.4 Å². The Kier molecular flexibility index (Phi) is 3.10. The number of rotatable bonds is 1. The maximum absolute atomic E-state index is 12.1. The number of carbonyl (C=O) groups excluding carboxylic acids is 1. The van der Waals surface area contributed by atoms with Gasteiger partial charge < -0.3 is 15.0 Å². The molecule has 106 valence electrons. The highest BCUT2D eigenvalue weighted by molar-refractivity contribution is 5.89. The summed E-state index contributed by atoms with van der Waals surface area (Å²) in [6.07, 6.45) is 1.20. The Labute approximate surface area is 116 Å². The molecule has 3 N–H and O–H groups in total. The number of urea groups is 1. The third-order valence-electron chi connectivity index (χ3n) is 3.74. The van der Waals surface area contributed by atoms with Gasteiger partial charge in [-0.3, -0.25) is 5.32 Å². The van der Waals surface area contributed by atoms with Crippen LogP contribution in [-0.4, -0.2) is 44.7 Å². The summed E-state index contributed by atoms with van der Waals surface area (Å²) in [6, 6.07) is 7.44. The average molecular weight is 274 g/mol. The first-order valence-electron chi connectivity index (χ1n) is 6.77. The van der Waals surface area contributed by atoms with E-state index in [-0.39, 0.29) is 6.03 Å². The predicted octanol–water partition coefficient (Wildman–Crippen LogP) is 1.94. The zero-order valence-electron chi connectivity index (χ0n) is 11.4. The number of H-pyrrole nitrogens is 1. The molecule has 1 aliphatic heterocycles. The van der Waals surface area contributed by atoms with Gasteiger partial charge in [-0.25, -0.2) is 9.78 Å². The lowest BCUT2D eigenvalue weighted by atomic mass is 9.94. The molecule has 1 saturated heterocycles. The third-order valence-corrected chi connectivity index (χ3v) is 3.74. The number of amides is 2. The fraction of sp³-hybridized carbons (Fsp3) is 0.429. The first-order valence-corrected chi connectivity index (χ1v) is 6.77. The Morgan fingerprint density at radius 3 is 2.80 bits per heavy atom. The van der Waals surface area contributed by atoms with Crippen LogP contribution in [0.3, 0.4) is 0 Å². The normalized spacial score (nSPS) is 18.2. The number of nitrogens with zero attached hydrogens (tertiary/aromatic N) is 2. The number of benzene rings is 1. The van der Waals surface area contributed by atoms with Crippen molar-refractivity contribution in [3.05, 3.63) is 24.3 Å². The lowest BCUT2D eigenvalue weighted by Gasteiger charge is -2.35. The second kappa shape index (κ2) is 4.79. The topological polar surface area (TPSA) is 81.2 Å². The Hall–Kier alpha value is -2.08. The first kappa shape index (κ1) is 12.9. The van der Waals surface area contributed by atoms with Gasteiger partial charge >= 0.3 is 6.03 Å². The van der Waals surface area contributed by atoms with E-state index >= 15 is 0 Å². The number of carbonyl (C=O) groups is 1. The van der Waals surface area contributed by atoms with Gasteiger partial charge in [-0.1, -0.05) is 12.1 Å². The quantitative estimate of drug-likeness (QED) is 0.743. The van der Waals surface area contributed by atoms with E-state index in [2.05, 4.69) is 15.3 Å². The number of imidazole rings is 1. The highest BCUT2D eigenvalue weighted by Gasteiger charge is 2.29. The molecule has 2 aromatic rings. The van der Waals surface area contributed by atoms with Crippen molar-refractivity contribution in [1.29, 1.82) is 0 Å². The summed E-state index contributed by atoms with van der Waals surface area (Å²) in [6.45, 7) is 2.92. The van der Waals surface area contributed by atoms with Crippen LogP contribution in [-0.2, 0) is 0 Å². The van der Waals surface area contributed by atoms with E-state index in [0.717, 1.165) is 11.0 Å². The van der Waals surface area contributed by atoms with Crippen molar-refractivity contribution in [2.75, 3.05) is 18.4 Å². The molecule has 0 radical (unpaired) electrons. The molecule has 0 saturated carbocycles. The molecule has 1 aromatic carbocycles. The maximum atomic E-state index is 12.1. The number of hydrogen-bond donors (Lipinski definition) is 3. The summed E-state index contributed by atoms with van der Waals surface area (Å²) in [5.74, 6) is 0.452. The number of nitrogens with one attached hydrogen (secondary N) is 2. The van der Waals surface area contributed by atoms with Crippen molar-refractivity contribution < 1.29 is 9.90 Å². The minimum atomic E-state index is -0.657. The Morgan fingerprint density at radius 2 is 2.10 bits per heavy atom. The number of piperidine rings is 1. The average Bonchev–Trinajstić information content (AvgIpc) is 2.80. The molecule has 1 fully saturated rings. The first-order chi connectivity index (χ1) is 9.53. The number of anilines is 1. The van der Waals surface area contributed by atoms with Gasteiger partial charge in [0.25, 0.3) is 0 Å².